The average Bonchev–Trinajstić information content (AvgIpc) is 2.51. The van der Waals surface area contributed by atoms with Crippen LogP contribution in [0.4, 0.5) is 10.5 Å². The summed E-state index contributed by atoms with van der Waals surface area (Å²) in [6.07, 6.45) is 0. The first kappa shape index (κ1) is 18.0. The van der Waals surface area contributed by atoms with E-state index >= 15 is 0 Å². The van der Waals surface area contributed by atoms with Crippen LogP contribution in [0, 0.1) is 12.8 Å². The van der Waals surface area contributed by atoms with Crippen molar-refractivity contribution in [1.29, 1.82) is 0 Å². The van der Waals surface area contributed by atoms with Crippen LogP contribution in [0.3, 0.4) is 0 Å². The minimum Gasteiger partial charge on any atom is -0.338 e. The van der Waals surface area contributed by atoms with E-state index in [9.17, 15) is 4.79 Å². The highest BCUT2D eigenvalue weighted by atomic mass is 35.5. The molecular formula is C17H27ClN4O. The standard InChI is InChI=1S/C17H27ClN4O/c1-13(12-22-8-6-21(3)7-9-22)11-19-17(23)20-15-5-4-14(2)16(18)10-15/h4-5,10,13H,6-9,11-12H2,1-3H3,(H2,19,20,23)/t13-/m1/s1. The lowest BCUT2D eigenvalue weighted by molar-refractivity contribution is 0.138. The maximum Gasteiger partial charge on any atom is 0.319 e. The van der Waals surface area contributed by atoms with Gasteiger partial charge in [-0.25, -0.2) is 4.79 Å². The minimum absolute atomic E-state index is 0.185. The predicted octanol–water partition coefficient (Wildman–Crippen LogP) is 2.65. The van der Waals surface area contributed by atoms with E-state index < -0.39 is 0 Å². The number of rotatable bonds is 5. The summed E-state index contributed by atoms with van der Waals surface area (Å²) in [6.45, 7) is 10.2. The van der Waals surface area contributed by atoms with Crippen molar-refractivity contribution in [2.75, 3.05) is 51.6 Å². The Hall–Kier alpha value is -1.30. The molecule has 0 spiro atoms. The number of amides is 2. The van der Waals surface area contributed by atoms with Gasteiger partial charge >= 0.3 is 6.03 Å². The minimum atomic E-state index is -0.185. The summed E-state index contributed by atoms with van der Waals surface area (Å²) < 4.78 is 0. The van der Waals surface area contributed by atoms with Gasteiger partial charge in [-0.05, 0) is 37.6 Å². The van der Waals surface area contributed by atoms with Crippen molar-refractivity contribution in [3.63, 3.8) is 0 Å². The van der Waals surface area contributed by atoms with Gasteiger partial charge < -0.3 is 20.4 Å². The van der Waals surface area contributed by atoms with Crippen LogP contribution in [0.25, 0.3) is 0 Å². The van der Waals surface area contributed by atoms with Crippen molar-refractivity contribution >= 4 is 23.3 Å². The Morgan fingerprint density at radius 3 is 2.65 bits per heavy atom. The van der Waals surface area contributed by atoms with Crippen molar-refractivity contribution in [3.05, 3.63) is 28.8 Å². The van der Waals surface area contributed by atoms with E-state index in [1.807, 2.05) is 19.1 Å². The zero-order valence-electron chi connectivity index (χ0n) is 14.2. The lowest BCUT2D eigenvalue weighted by Crippen LogP contribution is -2.47. The van der Waals surface area contributed by atoms with E-state index in [-0.39, 0.29) is 6.03 Å². The topological polar surface area (TPSA) is 47.6 Å². The highest BCUT2D eigenvalue weighted by Crippen LogP contribution is 2.19. The van der Waals surface area contributed by atoms with Crippen LogP contribution in [0.2, 0.25) is 5.02 Å². The number of hydrogen-bond acceptors (Lipinski definition) is 3. The summed E-state index contributed by atoms with van der Waals surface area (Å²) in [5.74, 6) is 0.422. The number of hydrogen-bond donors (Lipinski definition) is 2. The number of nitrogens with one attached hydrogen (secondary N) is 2. The first-order valence-electron chi connectivity index (χ1n) is 8.16. The Bertz CT molecular complexity index is 529. The summed E-state index contributed by atoms with van der Waals surface area (Å²) in [7, 11) is 2.16. The molecule has 0 bridgehead atoms. The monoisotopic (exact) mass is 338 g/mol. The summed E-state index contributed by atoms with van der Waals surface area (Å²) >= 11 is 6.06. The van der Waals surface area contributed by atoms with Crippen LogP contribution in [0.15, 0.2) is 18.2 Å². The lowest BCUT2D eigenvalue weighted by Gasteiger charge is -2.33. The maximum atomic E-state index is 12.0. The zero-order chi connectivity index (χ0) is 16.8. The molecule has 1 fully saturated rings. The van der Waals surface area contributed by atoms with Crippen LogP contribution < -0.4 is 10.6 Å². The van der Waals surface area contributed by atoms with E-state index in [4.69, 9.17) is 11.6 Å². The fraction of sp³-hybridized carbons (Fsp3) is 0.588. The number of aryl methyl sites for hydroxylation is 1. The average molecular weight is 339 g/mol. The molecule has 2 amide bonds. The fourth-order valence-electron chi connectivity index (χ4n) is 2.65. The molecule has 1 saturated heterocycles. The number of carbonyl (C=O) groups is 1. The quantitative estimate of drug-likeness (QED) is 0.867. The molecule has 6 heteroatoms. The Balaban J connectivity index is 1.70. The number of halogens is 1. The number of likely N-dealkylation sites (N-methyl/N-ethyl adjacent to an activating group) is 1. The first-order chi connectivity index (χ1) is 10.9. The normalized spacial score (nSPS) is 17.7. The van der Waals surface area contributed by atoms with E-state index in [2.05, 4.69) is 34.4 Å². The summed E-state index contributed by atoms with van der Waals surface area (Å²) in [5, 5.41) is 6.41. The summed E-state index contributed by atoms with van der Waals surface area (Å²) in [6, 6.07) is 5.34. The third-order valence-corrected chi connectivity index (χ3v) is 4.61. The van der Waals surface area contributed by atoms with E-state index in [1.54, 1.807) is 6.07 Å². The molecule has 2 N–H and O–H groups in total. The van der Waals surface area contributed by atoms with Gasteiger partial charge in [0.2, 0.25) is 0 Å². The van der Waals surface area contributed by atoms with Crippen molar-refractivity contribution in [1.82, 2.24) is 15.1 Å². The second kappa shape index (κ2) is 8.52. The third kappa shape index (κ3) is 6.01. The fourth-order valence-corrected chi connectivity index (χ4v) is 2.83. The second-order valence-corrected chi connectivity index (χ2v) is 6.92. The molecule has 1 heterocycles. The molecule has 0 aliphatic carbocycles. The van der Waals surface area contributed by atoms with Crippen LogP contribution >= 0.6 is 11.6 Å². The number of urea groups is 1. The Morgan fingerprint density at radius 2 is 2.00 bits per heavy atom. The Labute approximate surface area is 144 Å². The van der Waals surface area contributed by atoms with Gasteiger partial charge in [0, 0.05) is 50.0 Å². The highest BCUT2D eigenvalue weighted by Gasteiger charge is 2.16. The van der Waals surface area contributed by atoms with E-state index in [0.29, 0.717) is 23.2 Å². The van der Waals surface area contributed by atoms with Crippen molar-refractivity contribution in [2.24, 2.45) is 5.92 Å². The molecule has 0 aromatic heterocycles. The molecule has 0 unspecified atom stereocenters. The molecule has 1 aliphatic heterocycles. The van der Waals surface area contributed by atoms with E-state index in [1.165, 1.54) is 0 Å². The molecule has 23 heavy (non-hydrogen) atoms. The molecule has 1 aromatic rings. The third-order valence-electron chi connectivity index (χ3n) is 4.21. The molecular weight excluding hydrogens is 312 g/mol. The molecule has 0 radical (unpaired) electrons. The van der Waals surface area contributed by atoms with Crippen LogP contribution in [-0.4, -0.2) is 62.1 Å². The maximum absolute atomic E-state index is 12.0. The van der Waals surface area contributed by atoms with Crippen LogP contribution in [0.1, 0.15) is 12.5 Å². The van der Waals surface area contributed by atoms with Gasteiger partial charge in [-0.2, -0.15) is 0 Å². The number of benzene rings is 1. The largest absolute Gasteiger partial charge is 0.338 e. The second-order valence-electron chi connectivity index (χ2n) is 6.51. The predicted molar refractivity (Wildman–Crippen MR) is 96.3 cm³/mol. The van der Waals surface area contributed by atoms with Gasteiger partial charge in [-0.1, -0.05) is 24.6 Å². The van der Waals surface area contributed by atoms with E-state index in [0.717, 1.165) is 38.3 Å². The van der Waals surface area contributed by atoms with Gasteiger partial charge in [0.1, 0.15) is 0 Å². The molecule has 1 aliphatic rings. The number of piperazine rings is 1. The molecule has 128 valence electrons. The summed E-state index contributed by atoms with van der Waals surface area (Å²) in [4.78, 5) is 16.8. The van der Waals surface area contributed by atoms with Gasteiger partial charge in [-0.3, -0.25) is 0 Å². The highest BCUT2D eigenvalue weighted by molar-refractivity contribution is 6.31. The summed E-state index contributed by atoms with van der Waals surface area (Å²) in [5.41, 5.74) is 1.71. The first-order valence-corrected chi connectivity index (χ1v) is 8.53. The van der Waals surface area contributed by atoms with Crippen molar-refractivity contribution < 1.29 is 4.79 Å². The van der Waals surface area contributed by atoms with Crippen LogP contribution in [-0.2, 0) is 0 Å². The smallest absolute Gasteiger partial charge is 0.319 e. The van der Waals surface area contributed by atoms with Crippen molar-refractivity contribution in [2.45, 2.75) is 13.8 Å². The lowest BCUT2D eigenvalue weighted by atomic mass is 10.1. The van der Waals surface area contributed by atoms with Crippen LogP contribution in [0.5, 0.6) is 0 Å². The molecule has 2 rings (SSSR count). The van der Waals surface area contributed by atoms with Crippen molar-refractivity contribution in [3.8, 4) is 0 Å². The van der Waals surface area contributed by atoms with Gasteiger partial charge in [0.05, 0.1) is 0 Å². The molecule has 5 nitrogen and oxygen atoms in total. The molecule has 1 aromatic carbocycles. The molecule has 0 saturated carbocycles. The van der Waals surface area contributed by atoms with Gasteiger partial charge in [0.25, 0.3) is 0 Å². The van der Waals surface area contributed by atoms with Gasteiger partial charge in [0.15, 0.2) is 0 Å². The number of anilines is 1. The SMILES string of the molecule is Cc1ccc(NC(=O)NC[C@@H](C)CN2CCN(C)CC2)cc1Cl. The molecule has 1 atom stereocenters. The van der Waals surface area contributed by atoms with Gasteiger partial charge in [-0.15, -0.1) is 0 Å². The number of nitrogens with zero attached hydrogens (tertiary/aromatic N) is 2. The Kier molecular flexibility index (Phi) is 6.69. The zero-order valence-corrected chi connectivity index (χ0v) is 15.0. The Morgan fingerprint density at radius 1 is 1.30 bits per heavy atom. The number of carbonyl (C=O) groups excluding carboxylic acids is 1.